The van der Waals surface area contributed by atoms with Crippen LogP contribution in [0, 0.1) is 20.8 Å². The third kappa shape index (κ3) is 3.37. The number of unbranched alkanes of at least 4 members (excludes halogenated alkanes) is 1. The molecule has 0 atom stereocenters. The number of rotatable bonds is 6. The predicted octanol–water partition coefficient (Wildman–Crippen LogP) is 3.28. The fourth-order valence-corrected chi connectivity index (χ4v) is 2.79. The van der Waals surface area contributed by atoms with E-state index in [4.69, 9.17) is 4.52 Å². The van der Waals surface area contributed by atoms with Crippen molar-refractivity contribution in [1.82, 2.24) is 19.7 Å². The summed E-state index contributed by atoms with van der Waals surface area (Å²) in [5.74, 6) is 2.00. The lowest BCUT2D eigenvalue weighted by Crippen LogP contribution is -2.02. The number of thioether (sulfide) groups is 1. The van der Waals surface area contributed by atoms with Crippen LogP contribution in [0.2, 0.25) is 0 Å². The molecule has 0 unspecified atom stereocenters. The minimum Gasteiger partial charge on any atom is -0.338 e. The number of hydrogen-bond acceptors (Lipinski definition) is 5. The Bertz CT molecular complexity index is 547. The summed E-state index contributed by atoms with van der Waals surface area (Å²) in [6.45, 7) is 9.23. The Morgan fingerprint density at radius 2 is 2.00 bits per heavy atom. The van der Waals surface area contributed by atoms with Crippen LogP contribution in [0.25, 0.3) is 0 Å². The van der Waals surface area contributed by atoms with E-state index in [1.165, 1.54) is 18.5 Å². The Labute approximate surface area is 117 Å². The average molecular weight is 280 g/mol. The van der Waals surface area contributed by atoms with Gasteiger partial charge in [0.15, 0.2) is 11.0 Å². The van der Waals surface area contributed by atoms with E-state index in [2.05, 4.69) is 40.5 Å². The molecule has 0 aliphatic rings. The van der Waals surface area contributed by atoms with Crippen LogP contribution in [0.1, 0.15) is 42.9 Å². The molecule has 2 aromatic rings. The second-order valence-electron chi connectivity index (χ2n) is 4.59. The van der Waals surface area contributed by atoms with Gasteiger partial charge in [0.25, 0.3) is 0 Å². The molecule has 0 aliphatic carbocycles. The van der Waals surface area contributed by atoms with E-state index in [0.29, 0.717) is 17.5 Å². The van der Waals surface area contributed by atoms with Crippen molar-refractivity contribution in [1.29, 1.82) is 0 Å². The van der Waals surface area contributed by atoms with Crippen LogP contribution in [0.5, 0.6) is 0 Å². The Morgan fingerprint density at radius 3 is 2.63 bits per heavy atom. The van der Waals surface area contributed by atoms with Crippen LogP contribution >= 0.6 is 11.8 Å². The van der Waals surface area contributed by atoms with E-state index in [-0.39, 0.29) is 0 Å². The van der Waals surface area contributed by atoms with Crippen LogP contribution in [-0.2, 0) is 12.3 Å². The molecule has 0 saturated carbocycles. The normalized spacial score (nSPS) is 11.2. The maximum absolute atomic E-state index is 5.13. The van der Waals surface area contributed by atoms with Crippen molar-refractivity contribution >= 4 is 11.8 Å². The summed E-state index contributed by atoms with van der Waals surface area (Å²) >= 11 is 1.65. The van der Waals surface area contributed by atoms with Crippen LogP contribution in [0.15, 0.2) is 9.68 Å². The molecule has 104 valence electrons. The molecule has 2 heterocycles. The molecular formula is C13H20N4OS. The van der Waals surface area contributed by atoms with Crippen molar-refractivity contribution in [3.05, 3.63) is 23.1 Å². The highest BCUT2D eigenvalue weighted by Gasteiger charge is 2.13. The first kappa shape index (κ1) is 14.1. The van der Waals surface area contributed by atoms with Gasteiger partial charge < -0.3 is 9.09 Å². The number of imidazole rings is 1. The van der Waals surface area contributed by atoms with Crippen molar-refractivity contribution in [2.45, 2.75) is 58.0 Å². The van der Waals surface area contributed by atoms with Crippen molar-refractivity contribution in [2.24, 2.45) is 0 Å². The molecule has 5 nitrogen and oxygen atoms in total. The molecule has 0 aliphatic heterocycles. The summed E-state index contributed by atoms with van der Waals surface area (Å²) in [5, 5.41) is 4.84. The van der Waals surface area contributed by atoms with E-state index >= 15 is 0 Å². The lowest BCUT2D eigenvalue weighted by Gasteiger charge is -2.08. The first-order valence-corrected chi connectivity index (χ1v) is 7.56. The lowest BCUT2D eigenvalue weighted by atomic mass is 10.3. The SMILES string of the molecule is CCCCn1c(SCc2nc(C)no2)nc(C)c1C. The molecule has 0 aromatic carbocycles. The van der Waals surface area contributed by atoms with Crippen molar-refractivity contribution in [3.63, 3.8) is 0 Å². The Morgan fingerprint density at radius 1 is 1.21 bits per heavy atom. The third-order valence-electron chi connectivity index (χ3n) is 3.05. The highest BCUT2D eigenvalue weighted by atomic mass is 32.2. The second-order valence-corrected chi connectivity index (χ2v) is 5.54. The van der Waals surface area contributed by atoms with Crippen LogP contribution < -0.4 is 0 Å². The summed E-state index contributed by atoms with van der Waals surface area (Å²) < 4.78 is 7.41. The Kier molecular flexibility index (Phi) is 4.63. The first-order valence-electron chi connectivity index (χ1n) is 6.57. The highest BCUT2D eigenvalue weighted by molar-refractivity contribution is 7.98. The summed E-state index contributed by atoms with van der Waals surface area (Å²) in [4.78, 5) is 8.83. The molecule has 0 radical (unpaired) electrons. The number of hydrogen-bond donors (Lipinski definition) is 0. The standard InChI is InChI=1S/C13H20N4OS/c1-5-6-7-17-10(3)9(2)14-13(17)19-8-12-15-11(4)16-18-12/h5-8H2,1-4H3. The van der Waals surface area contributed by atoms with Gasteiger partial charge in [-0.1, -0.05) is 30.3 Å². The second kappa shape index (κ2) is 6.23. The number of nitrogens with zero attached hydrogens (tertiary/aromatic N) is 4. The van der Waals surface area contributed by atoms with E-state index in [0.717, 1.165) is 17.4 Å². The van der Waals surface area contributed by atoms with Gasteiger partial charge in [-0.25, -0.2) is 4.98 Å². The lowest BCUT2D eigenvalue weighted by molar-refractivity contribution is 0.387. The molecule has 0 saturated heterocycles. The molecule has 0 N–H and O–H groups in total. The molecule has 2 rings (SSSR count). The quantitative estimate of drug-likeness (QED) is 0.760. The van der Waals surface area contributed by atoms with Gasteiger partial charge in [-0.05, 0) is 27.2 Å². The fourth-order valence-electron chi connectivity index (χ4n) is 1.84. The summed E-state index contributed by atoms with van der Waals surface area (Å²) in [6.07, 6.45) is 2.35. The van der Waals surface area contributed by atoms with Crippen LogP contribution in [0.4, 0.5) is 0 Å². The van der Waals surface area contributed by atoms with Gasteiger partial charge in [0, 0.05) is 12.2 Å². The van der Waals surface area contributed by atoms with Gasteiger partial charge in [0.2, 0.25) is 5.89 Å². The molecule has 0 spiro atoms. The van der Waals surface area contributed by atoms with Gasteiger partial charge in [0.1, 0.15) is 0 Å². The van der Waals surface area contributed by atoms with E-state index in [1.807, 2.05) is 6.92 Å². The van der Waals surface area contributed by atoms with Crippen LogP contribution in [0.3, 0.4) is 0 Å². The zero-order valence-corrected chi connectivity index (χ0v) is 12.8. The topological polar surface area (TPSA) is 56.7 Å². The van der Waals surface area contributed by atoms with Crippen molar-refractivity contribution < 1.29 is 4.52 Å². The van der Waals surface area contributed by atoms with Gasteiger partial charge in [0.05, 0.1) is 11.4 Å². The third-order valence-corrected chi connectivity index (χ3v) is 4.01. The molecular weight excluding hydrogens is 260 g/mol. The Balaban J connectivity index is 2.08. The molecule has 0 amide bonds. The minimum atomic E-state index is 0.655. The highest BCUT2D eigenvalue weighted by Crippen LogP contribution is 2.24. The molecule has 6 heteroatoms. The summed E-state index contributed by atoms with van der Waals surface area (Å²) in [7, 11) is 0. The maximum atomic E-state index is 5.13. The smallest absolute Gasteiger partial charge is 0.237 e. The van der Waals surface area contributed by atoms with Crippen molar-refractivity contribution in [2.75, 3.05) is 0 Å². The average Bonchev–Trinajstić information content (AvgIpc) is 2.91. The summed E-state index contributed by atoms with van der Waals surface area (Å²) in [5.41, 5.74) is 2.35. The van der Waals surface area contributed by atoms with Crippen LogP contribution in [-0.4, -0.2) is 19.7 Å². The van der Waals surface area contributed by atoms with Gasteiger partial charge in [-0.2, -0.15) is 4.98 Å². The molecule has 0 bridgehead atoms. The van der Waals surface area contributed by atoms with Gasteiger partial charge in [-0.15, -0.1) is 0 Å². The first-order chi connectivity index (χ1) is 9.11. The summed E-state index contributed by atoms with van der Waals surface area (Å²) in [6, 6.07) is 0. The minimum absolute atomic E-state index is 0.655. The van der Waals surface area contributed by atoms with Gasteiger partial charge in [-0.3, -0.25) is 0 Å². The largest absolute Gasteiger partial charge is 0.338 e. The molecule has 0 fully saturated rings. The fraction of sp³-hybridized carbons (Fsp3) is 0.615. The van der Waals surface area contributed by atoms with E-state index in [1.54, 1.807) is 11.8 Å². The zero-order chi connectivity index (χ0) is 13.8. The predicted molar refractivity (Wildman–Crippen MR) is 75.2 cm³/mol. The van der Waals surface area contributed by atoms with Crippen molar-refractivity contribution in [3.8, 4) is 0 Å². The number of aryl methyl sites for hydroxylation is 2. The molecule has 2 aromatic heterocycles. The Hall–Kier alpha value is -1.30. The van der Waals surface area contributed by atoms with E-state index < -0.39 is 0 Å². The number of aromatic nitrogens is 4. The molecule has 19 heavy (non-hydrogen) atoms. The van der Waals surface area contributed by atoms with E-state index in [9.17, 15) is 0 Å². The monoisotopic (exact) mass is 280 g/mol. The maximum Gasteiger partial charge on any atom is 0.237 e. The zero-order valence-electron chi connectivity index (χ0n) is 11.9. The van der Waals surface area contributed by atoms with Gasteiger partial charge >= 0.3 is 0 Å².